The van der Waals surface area contributed by atoms with Crippen LogP contribution in [0.5, 0.6) is 0 Å². The average Bonchev–Trinajstić information content (AvgIpc) is 3.10. The quantitative estimate of drug-likeness (QED) is 0.578. The first kappa shape index (κ1) is 10.1. The van der Waals surface area contributed by atoms with E-state index in [1.807, 2.05) is 11.8 Å². The minimum atomic E-state index is -0.214. The molecule has 0 radical (unpaired) electrons. The first-order chi connectivity index (χ1) is 7.84. The maximum atomic E-state index is 10.4. The normalized spacial score (nSPS) is 20.8. The van der Waals surface area contributed by atoms with Crippen LogP contribution in [0.2, 0.25) is 0 Å². The number of isocyanates is 1. The number of rotatable bonds is 2. The number of thioether (sulfide) groups is 1. The molecule has 16 heavy (non-hydrogen) atoms. The van der Waals surface area contributed by atoms with Crippen LogP contribution in [0.15, 0.2) is 28.1 Å². The van der Waals surface area contributed by atoms with Gasteiger partial charge in [-0.25, -0.2) is 4.79 Å². The minimum Gasteiger partial charge on any atom is -0.211 e. The van der Waals surface area contributed by atoms with Gasteiger partial charge in [0.2, 0.25) is 6.08 Å². The van der Waals surface area contributed by atoms with Gasteiger partial charge in [0.25, 0.3) is 0 Å². The maximum absolute atomic E-state index is 10.4. The number of benzene rings is 1. The summed E-state index contributed by atoms with van der Waals surface area (Å²) in [6.45, 7) is 0. The average molecular weight is 231 g/mol. The molecule has 0 aromatic heterocycles. The Labute approximate surface area is 99.2 Å². The van der Waals surface area contributed by atoms with E-state index in [1.54, 1.807) is 6.08 Å². The number of nitrogens with zero attached hydrogens (tertiary/aromatic N) is 1. The Hall–Kier alpha value is -1.05. The molecule has 2 nitrogen and oxygen atoms in total. The van der Waals surface area contributed by atoms with Crippen molar-refractivity contribution in [1.82, 2.24) is 0 Å². The highest BCUT2D eigenvalue weighted by Gasteiger charge is 2.45. The largest absolute Gasteiger partial charge is 0.235 e. The zero-order chi connectivity index (χ0) is 11.0. The molecule has 1 aromatic carbocycles. The van der Waals surface area contributed by atoms with Crippen LogP contribution in [0, 0.1) is 0 Å². The zero-order valence-corrected chi connectivity index (χ0v) is 9.85. The summed E-state index contributed by atoms with van der Waals surface area (Å²) >= 11 is 1.92. The molecule has 0 saturated heterocycles. The number of fused-ring (bicyclic) bond motifs is 1. The third kappa shape index (κ3) is 1.60. The smallest absolute Gasteiger partial charge is 0.211 e. The van der Waals surface area contributed by atoms with Crippen molar-refractivity contribution in [1.29, 1.82) is 0 Å². The molecule has 1 aromatic rings. The Morgan fingerprint density at radius 1 is 1.38 bits per heavy atom. The van der Waals surface area contributed by atoms with E-state index in [0.29, 0.717) is 0 Å². The van der Waals surface area contributed by atoms with Gasteiger partial charge in [-0.15, -0.1) is 11.8 Å². The Kier molecular flexibility index (Phi) is 2.38. The van der Waals surface area contributed by atoms with Crippen LogP contribution in [-0.2, 0) is 16.8 Å². The fourth-order valence-corrected chi connectivity index (χ4v) is 3.37. The van der Waals surface area contributed by atoms with Crippen molar-refractivity contribution in [3.05, 3.63) is 29.3 Å². The van der Waals surface area contributed by atoms with Crippen LogP contribution in [0.4, 0.5) is 0 Å². The number of hydrogen-bond donors (Lipinski definition) is 0. The molecule has 0 atom stereocenters. The van der Waals surface area contributed by atoms with Crippen molar-refractivity contribution in [3.63, 3.8) is 0 Å². The standard InChI is InChI=1S/C13H13NOS/c15-9-14-13(5-6-13)11-4-3-10-2-1-7-16-12(10)8-11/h3-4,8H,1-2,5-7H2. The van der Waals surface area contributed by atoms with Crippen LogP contribution in [0.25, 0.3) is 0 Å². The molecular weight excluding hydrogens is 218 g/mol. The third-order valence-electron chi connectivity index (χ3n) is 3.44. The van der Waals surface area contributed by atoms with Crippen molar-refractivity contribution in [2.75, 3.05) is 5.75 Å². The summed E-state index contributed by atoms with van der Waals surface area (Å²) in [6, 6.07) is 6.57. The van der Waals surface area contributed by atoms with Crippen LogP contribution in [0.1, 0.15) is 30.4 Å². The van der Waals surface area contributed by atoms with Crippen LogP contribution < -0.4 is 0 Å². The Morgan fingerprint density at radius 3 is 3.00 bits per heavy atom. The second kappa shape index (κ2) is 3.76. The molecule has 2 aliphatic rings. The highest BCUT2D eigenvalue weighted by atomic mass is 32.2. The molecule has 1 saturated carbocycles. The minimum absolute atomic E-state index is 0.214. The molecule has 0 unspecified atom stereocenters. The van der Waals surface area contributed by atoms with Gasteiger partial charge >= 0.3 is 0 Å². The number of aryl methyl sites for hydroxylation is 1. The van der Waals surface area contributed by atoms with Crippen LogP contribution in [0.3, 0.4) is 0 Å². The number of carbonyl (C=O) groups excluding carboxylic acids is 1. The topological polar surface area (TPSA) is 29.4 Å². The SMILES string of the molecule is O=C=NC1(c2ccc3c(c2)SCCC3)CC1. The zero-order valence-electron chi connectivity index (χ0n) is 9.03. The molecule has 3 heteroatoms. The summed E-state index contributed by atoms with van der Waals surface area (Å²) in [5.41, 5.74) is 2.43. The van der Waals surface area contributed by atoms with Crippen molar-refractivity contribution in [2.24, 2.45) is 4.99 Å². The molecule has 3 rings (SSSR count). The second-order valence-electron chi connectivity index (χ2n) is 4.51. The number of hydrogen-bond acceptors (Lipinski definition) is 3. The van der Waals surface area contributed by atoms with E-state index in [4.69, 9.17) is 0 Å². The molecule has 1 aliphatic heterocycles. The van der Waals surface area contributed by atoms with Gasteiger partial charge in [0.05, 0.1) is 5.54 Å². The summed E-state index contributed by atoms with van der Waals surface area (Å²) in [5.74, 6) is 1.21. The summed E-state index contributed by atoms with van der Waals surface area (Å²) in [7, 11) is 0. The van der Waals surface area contributed by atoms with Gasteiger partial charge in [-0.05, 0) is 48.6 Å². The molecular formula is C13H13NOS. The molecule has 0 spiro atoms. The molecule has 82 valence electrons. The Morgan fingerprint density at radius 2 is 2.25 bits per heavy atom. The van der Waals surface area contributed by atoms with E-state index in [-0.39, 0.29) is 5.54 Å². The van der Waals surface area contributed by atoms with Crippen LogP contribution in [-0.4, -0.2) is 11.8 Å². The summed E-state index contributed by atoms with van der Waals surface area (Å²) in [5, 5.41) is 0. The van der Waals surface area contributed by atoms with Crippen molar-refractivity contribution < 1.29 is 4.79 Å². The molecule has 1 aliphatic carbocycles. The lowest BCUT2D eigenvalue weighted by molar-refractivity contribution is 0.556. The fraction of sp³-hybridized carbons (Fsp3) is 0.462. The van der Waals surface area contributed by atoms with Gasteiger partial charge < -0.3 is 0 Å². The molecule has 0 amide bonds. The summed E-state index contributed by atoms with van der Waals surface area (Å²) in [4.78, 5) is 15.8. The Bertz CT molecular complexity index is 473. The van der Waals surface area contributed by atoms with Crippen molar-refractivity contribution in [2.45, 2.75) is 36.1 Å². The van der Waals surface area contributed by atoms with Gasteiger partial charge in [0, 0.05) is 4.90 Å². The number of aliphatic imine (C=N–C) groups is 1. The van der Waals surface area contributed by atoms with Gasteiger partial charge in [-0.2, -0.15) is 4.99 Å². The summed E-state index contributed by atoms with van der Waals surface area (Å²) in [6.07, 6.45) is 6.16. The third-order valence-corrected chi connectivity index (χ3v) is 4.62. The van der Waals surface area contributed by atoms with E-state index < -0.39 is 0 Å². The van der Waals surface area contributed by atoms with E-state index in [0.717, 1.165) is 12.8 Å². The van der Waals surface area contributed by atoms with Crippen LogP contribution >= 0.6 is 11.8 Å². The van der Waals surface area contributed by atoms with Gasteiger partial charge in [-0.3, -0.25) is 0 Å². The fourth-order valence-electron chi connectivity index (χ4n) is 2.30. The van der Waals surface area contributed by atoms with E-state index in [9.17, 15) is 4.79 Å². The van der Waals surface area contributed by atoms with Gasteiger partial charge in [0.15, 0.2) is 0 Å². The van der Waals surface area contributed by atoms with E-state index in [2.05, 4.69) is 23.2 Å². The lowest BCUT2D eigenvalue weighted by Gasteiger charge is -2.17. The molecule has 0 N–H and O–H groups in total. The van der Waals surface area contributed by atoms with Crippen molar-refractivity contribution >= 4 is 17.8 Å². The lowest BCUT2D eigenvalue weighted by atomic mass is 10.0. The molecule has 1 fully saturated rings. The highest BCUT2D eigenvalue weighted by Crippen LogP contribution is 2.50. The predicted octanol–water partition coefficient (Wildman–Crippen LogP) is 3.05. The van der Waals surface area contributed by atoms with E-state index >= 15 is 0 Å². The first-order valence-corrected chi connectivity index (χ1v) is 6.68. The maximum Gasteiger partial charge on any atom is 0.235 e. The van der Waals surface area contributed by atoms with E-state index in [1.165, 1.54) is 34.6 Å². The molecule has 0 bridgehead atoms. The monoisotopic (exact) mass is 231 g/mol. The molecule has 1 heterocycles. The lowest BCUT2D eigenvalue weighted by Crippen LogP contribution is -2.05. The second-order valence-corrected chi connectivity index (χ2v) is 5.65. The predicted molar refractivity (Wildman–Crippen MR) is 64.5 cm³/mol. The van der Waals surface area contributed by atoms with Gasteiger partial charge in [-0.1, -0.05) is 12.1 Å². The Balaban J connectivity index is 2.00. The highest BCUT2D eigenvalue weighted by molar-refractivity contribution is 7.99. The van der Waals surface area contributed by atoms with Crippen molar-refractivity contribution in [3.8, 4) is 0 Å². The summed E-state index contributed by atoms with van der Waals surface area (Å²) < 4.78 is 0. The van der Waals surface area contributed by atoms with Gasteiger partial charge in [0.1, 0.15) is 0 Å². The first-order valence-electron chi connectivity index (χ1n) is 5.69.